The van der Waals surface area contributed by atoms with Gasteiger partial charge in [-0.1, -0.05) is 30.0 Å². The van der Waals surface area contributed by atoms with Crippen LogP contribution in [-0.4, -0.2) is 43.5 Å². The van der Waals surface area contributed by atoms with Crippen molar-refractivity contribution in [1.29, 1.82) is 0 Å². The van der Waals surface area contributed by atoms with Gasteiger partial charge in [0.25, 0.3) is 5.56 Å². The fourth-order valence-corrected chi connectivity index (χ4v) is 6.40. The number of thiazole rings is 1. The Bertz CT molecular complexity index is 1400. The lowest BCUT2D eigenvalue weighted by atomic mass is 10.1. The SMILES string of the molecule is CC(=O)N1CCc2c(sc3nc(SCC(=O)Nc4nccs4)n(-c4ccccc4)c(=O)c23)C1. The van der Waals surface area contributed by atoms with E-state index in [0.29, 0.717) is 45.7 Å². The lowest BCUT2D eigenvalue weighted by Gasteiger charge is -2.25. The van der Waals surface area contributed by atoms with Crippen LogP contribution in [0.3, 0.4) is 0 Å². The number of rotatable bonds is 5. The Morgan fingerprint density at radius 3 is 2.79 bits per heavy atom. The molecule has 0 saturated carbocycles. The molecule has 0 fully saturated rings. The van der Waals surface area contributed by atoms with Crippen LogP contribution in [0.4, 0.5) is 5.13 Å². The van der Waals surface area contributed by atoms with Crippen molar-refractivity contribution in [2.45, 2.75) is 25.0 Å². The van der Waals surface area contributed by atoms with Gasteiger partial charge in [0.05, 0.1) is 23.4 Å². The molecule has 3 aromatic heterocycles. The number of carbonyl (C=O) groups is 2. The summed E-state index contributed by atoms with van der Waals surface area (Å²) in [6.45, 7) is 2.64. The van der Waals surface area contributed by atoms with E-state index < -0.39 is 0 Å². The van der Waals surface area contributed by atoms with Crippen LogP contribution in [-0.2, 0) is 22.6 Å². The molecule has 1 N–H and O–H groups in total. The van der Waals surface area contributed by atoms with Gasteiger partial charge in [-0.05, 0) is 24.1 Å². The summed E-state index contributed by atoms with van der Waals surface area (Å²) in [7, 11) is 0. The first-order valence-electron chi connectivity index (χ1n) is 10.2. The summed E-state index contributed by atoms with van der Waals surface area (Å²) in [4.78, 5) is 50.3. The average molecular weight is 498 g/mol. The molecular weight excluding hydrogens is 478 g/mol. The number of thiophene rings is 1. The average Bonchev–Trinajstić information content (AvgIpc) is 3.45. The first kappa shape index (κ1) is 21.8. The van der Waals surface area contributed by atoms with Gasteiger partial charge in [0, 0.05) is 29.9 Å². The quantitative estimate of drug-likeness (QED) is 0.335. The van der Waals surface area contributed by atoms with Gasteiger partial charge in [0.2, 0.25) is 11.8 Å². The normalized spacial score (nSPS) is 13.2. The molecule has 0 unspecified atom stereocenters. The summed E-state index contributed by atoms with van der Waals surface area (Å²) in [5.41, 5.74) is 1.52. The number of para-hydroxylation sites is 1. The highest BCUT2D eigenvalue weighted by Gasteiger charge is 2.26. The van der Waals surface area contributed by atoms with Crippen LogP contribution in [0.25, 0.3) is 15.9 Å². The van der Waals surface area contributed by atoms with Crippen molar-refractivity contribution in [2.75, 3.05) is 17.6 Å². The molecule has 0 bridgehead atoms. The Labute approximate surface area is 201 Å². The molecule has 168 valence electrons. The maximum Gasteiger partial charge on any atom is 0.267 e. The second-order valence-corrected chi connectivity index (χ2v) is 10.3. The van der Waals surface area contributed by atoms with E-state index in [-0.39, 0.29) is 23.1 Å². The lowest BCUT2D eigenvalue weighted by molar-refractivity contribution is -0.129. The number of aromatic nitrogens is 3. The van der Waals surface area contributed by atoms with Gasteiger partial charge in [0.15, 0.2) is 10.3 Å². The van der Waals surface area contributed by atoms with E-state index in [4.69, 9.17) is 4.98 Å². The van der Waals surface area contributed by atoms with Gasteiger partial charge in [-0.3, -0.25) is 19.0 Å². The van der Waals surface area contributed by atoms with E-state index in [9.17, 15) is 14.4 Å². The highest BCUT2D eigenvalue weighted by Crippen LogP contribution is 2.34. The molecule has 0 atom stereocenters. The van der Waals surface area contributed by atoms with Crippen molar-refractivity contribution in [2.24, 2.45) is 0 Å². The smallest absolute Gasteiger partial charge is 0.267 e. The van der Waals surface area contributed by atoms with E-state index in [1.54, 1.807) is 28.0 Å². The number of hydrogen-bond acceptors (Lipinski definition) is 8. The van der Waals surface area contributed by atoms with Crippen molar-refractivity contribution in [1.82, 2.24) is 19.4 Å². The summed E-state index contributed by atoms with van der Waals surface area (Å²) >= 11 is 4.01. The van der Waals surface area contributed by atoms with E-state index in [1.807, 2.05) is 30.3 Å². The fraction of sp³-hybridized carbons (Fsp3) is 0.227. The van der Waals surface area contributed by atoms with E-state index in [1.165, 1.54) is 34.4 Å². The summed E-state index contributed by atoms with van der Waals surface area (Å²) in [5, 5.41) is 6.14. The van der Waals surface area contributed by atoms with Crippen LogP contribution in [0.2, 0.25) is 0 Å². The molecule has 0 spiro atoms. The molecule has 4 aromatic rings. The van der Waals surface area contributed by atoms with Crippen LogP contribution in [0.15, 0.2) is 51.9 Å². The van der Waals surface area contributed by atoms with E-state index in [0.717, 1.165) is 10.4 Å². The number of hydrogen-bond donors (Lipinski definition) is 1. The van der Waals surface area contributed by atoms with Gasteiger partial charge in [0.1, 0.15) is 4.83 Å². The van der Waals surface area contributed by atoms with Crippen molar-refractivity contribution < 1.29 is 9.59 Å². The summed E-state index contributed by atoms with van der Waals surface area (Å²) in [5.74, 6) is -0.102. The minimum Gasteiger partial charge on any atom is -0.337 e. The van der Waals surface area contributed by atoms with Crippen molar-refractivity contribution >= 4 is 61.6 Å². The maximum absolute atomic E-state index is 13.7. The van der Waals surface area contributed by atoms with Crippen LogP contribution in [0.5, 0.6) is 0 Å². The van der Waals surface area contributed by atoms with Crippen LogP contribution in [0, 0.1) is 0 Å². The topological polar surface area (TPSA) is 97.2 Å². The Hall–Kier alpha value is -3.02. The summed E-state index contributed by atoms with van der Waals surface area (Å²) < 4.78 is 1.58. The Balaban J connectivity index is 1.55. The number of amides is 2. The number of fused-ring (bicyclic) bond motifs is 3. The molecule has 0 radical (unpaired) electrons. The van der Waals surface area contributed by atoms with Gasteiger partial charge >= 0.3 is 0 Å². The zero-order valence-electron chi connectivity index (χ0n) is 17.6. The standard InChI is InChI=1S/C22H19N5O3S3/c1-13(28)26-9-7-15-16(11-26)33-19-18(15)20(30)27(14-5-3-2-4-6-14)22(25-19)32-12-17(29)24-21-23-8-10-31-21/h2-6,8,10H,7,9,11-12H2,1H3,(H,23,24,29). The summed E-state index contributed by atoms with van der Waals surface area (Å²) in [6, 6.07) is 9.32. The molecule has 1 aliphatic rings. The molecular formula is C22H19N5O3S3. The van der Waals surface area contributed by atoms with Gasteiger partial charge in [-0.2, -0.15) is 0 Å². The van der Waals surface area contributed by atoms with Gasteiger partial charge in [-0.15, -0.1) is 22.7 Å². The second kappa shape index (κ2) is 9.08. The molecule has 4 heterocycles. The molecule has 0 aliphatic carbocycles. The van der Waals surface area contributed by atoms with Crippen molar-refractivity contribution in [3.05, 3.63) is 62.7 Å². The third-order valence-corrected chi connectivity index (χ3v) is 8.05. The highest BCUT2D eigenvalue weighted by molar-refractivity contribution is 7.99. The third-order valence-electron chi connectivity index (χ3n) is 5.31. The molecule has 0 saturated heterocycles. The number of benzene rings is 1. The highest BCUT2D eigenvalue weighted by atomic mass is 32.2. The van der Waals surface area contributed by atoms with E-state index in [2.05, 4.69) is 10.3 Å². The second-order valence-electron chi connectivity index (χ2n) is 7.42. The van der Waals surface area contributed by atoms with Gasteiger partial charge < -0.3 is 10.2 Å². The Morgan fingerprint density at radius 1 is 1.24 bits per heavy atom. The molecule has 1 aromatic carbocycles. The molecule has 2 amide bonds. The first-order valence-corrected chi connectivity index (χ1v) is 12.9. The third kappa shape index (κ3) is 4.31. The van der Waals surface area contributed by atoms with Crippen molar-refractivity contribution in [3.8, 4) is 5.69 Å². The number of anilines is 1. The maximum atomic E-state index is 13.7. The fourth-order valence-electron chi connectivity index (χ4n) is 3.76. The first-order chi connectivity index (χ1) is 16.0. The summed E-state index contributed by atoms with van der Waals surface area (Å²) in [6.07, 6.45) is 2.26. The largest absolute Gasteiger partial charge is 0.337 e. The molecule has 1 aliphatic heterocycles. The van der Waals surface area contributed by atoms with Gasteiger partial charge in [-0.25, -0.2) is 9.97 Å². The number of thioether (sulfide) groups is 1. The van der Waals surface area contributed by atoms with Crippen LogP contribution < -0.4 is 10.9 Å². The van der Waals surface area contributed by atoms with Crippen LogP contribution in [0.1, 0.15) is 17.4 Å². The minimum atomic E-state index is -0.216. The molecule has 8 nitrogen and oxygen atoms in total. The molecule has 33 heavy (non-hydrogen) atoms. The predicted molar refractivity (Wildman–Crippen MR) is 131 cm³/mol. The predicted octanol–water partition coefficient (Wildman–Crippen LogP) is 3.54. The number of carbonyl (C=O) groups excluding carboxylic acids is 2. The zero-order chi connectivity index (χ0) is 22.9. The Kier molecular flexibility index (Phi) is 6.00. The Morgan fingerprint density at radius 2 is 2.06 bits per heavy atom. The van der Waals surface area contributed by atoms with E-state index >= 15 is 0 Å². The molecule has 5 rings (SSSR count). The lowest BCUT2D eigenvalue weighted by Crippen LogP contribution is -2.34. The molecule has 11 heteroatoms. The van der Waals surface area contributed by atoms with Crippen LogP contribution >= 0.6 is 34.4 Å². The number of nitrogens with one attached hydrogen (secondary N) is 1. The zero-order valence-corrected chi connectivity index (χ0v) is 20.1. The minimum absolute atomic E-state index is 0.0234. The monoisotopic (exact) mass is 497 g/mol. The number of nitrogens with zero attached hydrogens (tertiary/aromatic N) is 4. The van der Waals surface area contributed by atoms with Crippen molar-refractivity contribution in [3.63, 3.8) is 0 Å².